The molecule has 0 radical (unpaired) electrons. The van der Waals surface area contributed by atoms with Crippen molar-refractivity contribution in [3.05, 3.63) is 59.2 Å². The van der Waals surface area contributed by atoms with Gasteiger partial charge < -0.3 is 51.8 Å². The van der Waals surface area contributed by atoms with E-state index >= 15 is 0 Å². The molecule has 0 aromatic heterocycles. The molecule has 2 aromatic carbocycles. The maximum atomic E-state index is 13.7. The summed E-state index contributed by atoms with van der Waals surface area (Å²) in [5, 5.41) is 35.4. The van der Waals surface area contributed by atoms with Gasteiger partial charge in [0.05, 0.1) is 25.3 Å². The minimum Gasteiger partial charge on any atom is -0.492 e. The molecule has 4 aliphatic rings. The third-order valence-electron chi connectivity index (χ3n) is 10.3. The lowest BCUT2D eigenvalue weighted by atomic mass is 9.79. The molecule has 4 aliphatic heterocycles. The average Bonchev–Trinajstić information content (AvgIpc) is 3.57. The van der Waals surface area contributed by atoms with Crippen molar-refractivity contribution < 1.29 is 43.4 Å². The lowest BCUT2D eigenvalue weighted by Gasteiger charge is -2.43. The van der Waals surface area contributed by atoms with Gasteiger partial charge in [-0.25, -0.2) is 9.57 Å². The molecule has 17 nitrogen and oxygen atoms in total. The highest BCUT2D eigenvalue weighted by molar-refractivity contribution is 5.98. The number of carbonyl (C=O) groups is 3. The molecule has 1 fully saturated rings. The van der Waals surface area contributed by atoms with Gasteiger partial charge in [0.25, 0.3) is 11.8 Å². The topological polar surface area (TPSA) is 261 Å². The third-order valence-corrected chi connectivity index (χ3v) is 10.3. The Morgan fingerprint density at radius 2 is 1.83 bits per heavy atom. The molecular weight excluding hydrogens is 674 g/mol. The number of ether oxygens (including phenoxy) is 3. The van der Waals surface area contributed by atoms with Crippen LogP contribution in [-0.4, -0.2) is 113 Å². The summed E-state index contributed by atoms with van der Waals surface area (Å²) in [7, 11) is 0. The van der Waals surface area contributed by atoms with Gasteiger partial charge >= 0.3 is 11.9 Å². The van der Waals surface area contributed by atoms with E-state index in [-0.39, 0.29) is 55.1 Å². The van der Waals surface area contributed by atoms with Crippen LogP contribution >= 0.6 is 0 Å². The summed E-state index contributed by atoms with van der Waals surface area (Å²) in [4.78, 5) is 43.3. The highest BCUT2D eigenvalue weighted by Crippen LogP contribution is 2.43. The Labute approximate surface area is 300 Å². The van der Waals surface area contributed by atoms with Crippen LogP contribution in [0.5, 0.6) is 11.5 Å². The van der Waals surface area contributed by atoms with E-state index in [9.17, 15) is 24.6 Å². The first kappa shape index (κ1) is 36.7. The summed E-state index contributed by atoms with van der Waals surface area (Å²) >= 11 is 0. The predicted octanol–water partition coefficient (Wildman–Crippen LogP) is -1.84. The summed E-state index contributed by atoms with van der Waals surface area (Å²) in [6.07, 6.45) is 0.789. The van der Waals surface area contributed by atoms with Crippen LogP contribution in [0.1, 0.15) is 60.4 Å². The largest absolute Gasteiger partial charge is 0.492 e. The van der Waals surface area contributed by atoms with Crippen LogP contribution in [0.25, 0.3) is 0 Å². The molecule has 52 heavy (non-hydrogen) atoms. The molecular formula is C35H48N9O8+. The zero-order chi connectivity index (χ0) is 37.6. The van der Waals surface area contributed by atoms with E-state index in [2.05, 4.69) is 40.1 Å². The Bertz CT molecular complexity index is 1790. The Balaban J connectivity index is 1.11. The number of nitrogens with one attached hydrogen (secondary N) is 4. The maximum absolute atomic E-state index is 13.7. The molecule has 1 spiro atoms. The number of aliphatic imine (C=N–C) groups is 1. The number of fused-ring (bicyclic) bond motifs is 1. The van der Waals surface area contributed by atoms with Gasteiger partial charge in [-0.3, -0.25) is 25.4 Å². The number of rotatable bonds is 11. The van der Waals surface area contributed by atoms with Gasteiger partial charge in [0.2, 0.25) is 11.4 Å². The minimum absolute atomic E-state index is 0.0241. The van der Waals surface area contributed by atoms with Gasteiger partial charge in [-0.15, -0.1) is 0 Å². The number of hydrogen-bond acceptors (Lipinski definition) is 14. The molecule has 12 N–H and O–H groups in total. The zero-order valence-electron chi connectivity index (χ0n) is 29.6. The number of para-hydroxylation sites is 1. The Hall–Kier alpha value is -5.13. The first-order chi connectivity index (χ1) is 24.6. The number of nitrogens with zero attached hydrogens (tertiary/aromatic N) is 2. The van der Waals surface area contributed by atoms with E-state index in [4.69, 9.17) is 31.4 Å². The highest BCUT2D eigenvalue weighted by atomic mass is 16.6. The Morgan fingerprint density at radius 1 is 1.10 bits per heavy atom. The van der Waals surface area contributed by atoms with Gasteiger partial charge in [0.15, 0.2) is 5.96 Å². The van der Waals surface area contributed by atoms with Crippen LogP contribution in [0, 0.1) is 5.92 Å². The van der Waals surface area contributed by atoms with Crippen LogP contribution in [-0.2, 0) is 14.9 Å². The maximum Gasteiger partial charge on any atom is 0.346 e. The van der Waals surface area contributed by atoms with Gasteiger partial charge in [-0.05, 0) is 48.1 Å². The number of amides is 2. The number of carbonyl (C=O) groups excluding carboxylic acids is 3. The second-order valence-electron chi connectivity index (χ2n) is 14.5. The zero-order valence-corrected chi connectivity index (χ0v) is 29.6. The van der Waals surface area contributed by atoms with Crippen LogP contribution in [0.3, 0.4) is 0 Å². The smallest absolute Gasteiger partial charge is 0.346 e. The van der Waals surface area contributed by atoms with Crippen molar-refractivity contribution in [1.82, 2.24) is 21.3 Å². The fourth-order valence-electron chi connectivity index (χ4n) is 7.19. The molecule has 17 heteroatoms. The molecule has 280 valence electrons. The molecule has 2 aromatic rings. The highest BCUT2D eigenvalue weighted by Gasteiger charge is 2.75. The Morgan fingerprint density at radius 3 is 2.54 bits per heavy atom. The van der Waals surface area contributed by atoms with Gasteiger partial charge in [0, 0.05) is 11.1 Å². The first-order valence-corrected chi connectivity index (χ1v) is 17.3. The van der Waals surface area contributed by atoms with E-state index in [1.807, 2.05) is 19.9 Å². The average molecular weight is 723 g/mol. The lowest BCUT2D eigenvalue weighted by molar-refractivity contribution is -0.623. The summed E-state index contributed by atoms with van der Waals surface area (Å²) in [5.41, 5.74) is 17.9. The molecule has 1 saturated heterocycles. The van der Waals surface area contributed by atoms with Crippen molar-refractivity contribution in [3.8, 4) is 11.5 Å². The number of guanidine groups is 2. The number of benzene rings is 2. The summed E-state index contributed by atoms with van der Waals surface area (Å²) in [6, 6.07) is 8.03. The molecule has 1 unspecified atom stereocenters. The number of nitrogens with two attached hydrogens (primary N) is 3. The molecule has 0 aliphatic carbocycles. The number of hydrogen-bond donors (Lipinski definition) is 9. The van der Waals surface area contributed by atoms with Crippen molar-refractivity contribution in [2.75, 3.05) is 32.9 Å². The summed E-state index contributed by atoms with van der Waals surface area (Å²) in [5.74, 6) is -3.22. The van der Waals surface area contributed by atoms with Crippen molar-refractivity contribution >= 4 is 29.7 Å². The summed E-state index contributed by atoms with van der Waals surface area (Å²) in [6.45, 7) is 8.26. The molecule has 0 bridgehead atoms. The van der Waals surface area contributed by atoms with E-state index in [0.717, 1.165) is 12.0 Å². The normalized spacial score (nSPS) is 25.6. The van der Waals surface area contributed by atoms with E-state index < -0.39 is 53.4 Å². The molecule has 5 atom stereocenters. The monoisotopic (exact) mass is 722 g/mol. The lowest BCUT2D eigenvalue weighted by Crippen LogP contribution is -2.79. The quantitative estimate of drug-likeness (QED) is 0.0535. The van der Waals surface area contributed by atoms with Crippen molar-refractivity contribution in [3.63, 3.8) is 0 Å². The molecule has 6 rings (SSSR count). The van der Waals surface area contributed by atoms with Crippen LogP contribution < -0.4 is 47.9 Å². The fraction of sp³-hybridized carbons (Fsp3) is 0.514. The first-order valence-electron chi connectivity index (χ1n) is 17.3. The van der Waals surface area contributed by atoms with Crippen molar-refractivity contribution in [2.45, 2.75) is 75.1 Å². The van der Waals surface area contributed by atoms with Gasteiger partial charge in [-0.2, -0.15) is 0 Å². The van der Waals surface area contributed by atoms with Crippen LogP contribution in [0.4, 0.5) is 0 Å². The van der Waals surface area contributed by atoms with Gasteiger partial charge in [-0.1, -0.05) is 39.8 Å². The second-order valence-corrected chi connectivity index (χ2v) is 14.5. The van der Waals surface area contributed by atoms with Crippen LogP contribution in [0.2, 0.25) is 0 Å². The summed E-state index contributed by atoms with van der Waals surface area (Å²) < 4.78 is 18.2. The third kappa shape index (κ3) is 6.43. The molecule has 2 amide bonds. The van der Waals surface area contributed by atoms with E-state index in [1.165, 1.54) is 4.58 Å². The van der Waals surface area contributed by atoms with Gasteiger partial charge in [0.1, 0.15) is 48.9 Å². The predicted molar refractivity (Wildman–Crippen MR) is 189 cm³/mol. The molecule has 4 heterocycles. The second kappa shape index (κ2) is 13.8. The fourth-order valence-corrected chi connectivity index (χ4v) is 7.19. The minimum atomic E-state index is -2.64. The van der Waals surface area contributed by atoms with Crippen molar-refractivity contribution in [2.24, 2.45) is 28.1 Å². The Kier molecular flexibility index (Phi) is 9.71. The van der Waals surface area contributed by atoms with E-state index in [1.54, 1.807) is 36.4 Å². The van der Waals surface area contributed by atoms with Crippen LogP contribution in [0.15, 0.2) is 47.5 Å². The SMILES string of the molecule is CC(C)[C@H](N)C(=O)OCCOc1ccc(C(=O)NC[C@@H]2NC(N)=[N+]3CC(NC(=O)c4cccc5c4OCCC5(C)C)C(O)(O)[C@@]34NC(N)=N[C@@H]24)cc1. The van der Waals surface area contributed by atoms with Crippen molar-refractivity contribution in [1.29, 1.82) is 0 Å². The molecule has 0 saturated carbocycles. The number of esters is 1. The van der Waals surface area contributed by atoms with E-state index in [0.29, 0.717) is 23.7 Å². The standard InChI is InChI=1S/C35H47N9O8/c1-18(2)25(36)30(47)52-15-14-50-20-10-8-19(9-11-20)28(45)39-16-23-27-34(43-31(37)42-27)35(48,49)24(17-44(34)32(38)40-23)41-29(46)21-6-5-7-22-26(21)51-13-12-33(22,3)4/h5-11,18,23-25,27,48-49H,12-17,36H2,1-4H3,(H7,37,38,39,40,41,42,43,45,46)/p+1/t23-,24?,25-,27-,34-/m0/s1. The number of aliphatic hydroxyl groups is 2.